The van der Waals surface area contributed by atoms with Gasteiger partial charge in [0.05, 0.1) is 5.69 Å². The lowest BCUT2D eigenvalue weighted by Crippen LogP contribution is -2.27. The molecule has 0 radical (unpaired) electrons. The molecule has 0 spiro atoms. The van der Waals surface area contributed by atoms with E-state index in [0.717, 1.165) is 31.8 Å². The number of hydrogen-bond donors (Lipinski definition) is 1. The fourth-order valence-electron chi connectivity index (χ4n) is 4.03. The summed E-state index contributed by atoms with van der Waals surface area (Å²) < 4.78 is 2.63. The van der Waals surface area contributed by atoms with E-state index in [1.165, 1.54) is 42.9 Å². The van der Waals surface area contributed by atoms with Crippen molar-refractivity contribution in [2.75, 3.05) is 6.54 Å². The second-order valence-electron chi connectivity index (χ2n) is 7.10. The van der Waals surface area contributed by atoms with E-state index in [2.05, 4.69) is 30.7 Å². The molecule has 2 aliphatic rings. The van der Waals surface area contributed by atoms with Gasteiger partial charge in [-0.25, -0.2) is 4.98 Å². The average molecular weight is 275 g/mol. The van der Waals surface area contributed by atoms with E-state index in [9.17, 15) is 0 Å². The molecule has 1 aromatic heterocycles. The van der Waals surface area contributed by atoms with Gasteiger partial charge in [0.25, 0.3) is 0 Å². The van der Waals surface area contributed by atoms with Crippen LogP contribution in [0.2, 0.25) is 0 Å². The summed E-state index contributed by atoms with van der Waals surface area (Å²) in [5, 5.41) is 3.47. The maximum atomic E-state index is 4.98. The fraction of sp³-hybridized carbons (Fsp3) is 0.824. The van der Waals surface area contributed by atoms with Crippen molar-refractivity contribution < 1.29 is 0 Å². The van der Waals surface area contributed by atoms with Crippen LogP contribution in [-0.2, 0) is 19.4 Å². The predicted octanol–water partition coefficient (Wildman–Crippen LogP) is 3.48. The van der Waals surface area contributed by atoms with Crippen LogP contribution in [0.25, 0.3) is 0 Å². The molecular weight excluding hydrogens is 246 g/mol. The Bertz CT molecular complexity index is 455. The summed E-state index contributed by atoms with van der Waals surface area (Å²) in [7, 11) is 0. The molecule has 2 heterocycles. The van der Waals surface area contributed by atoms with Crippen molar-refractivity contribution in [1.29, 1.82) is 0 Å². The van der Waals surface area contributed by atoms with Crippen molar-refractivity contribution in [1.82, 2.24) is 14.9 Å². The first kappa shape index (κ1) is 14.1. The molecule has 1 atom stereocenters. The van der Waals surface area contributed by atoms with E-state index < -0.39 is 0 Å². The zero-order valence-corrected chi connectivity index (χ0v) is 13.3. The summed E-state index contributed by atoms with van der Waals surface area (Å²) in [6.07, 6.45) is 7.93. The van der Waals surface area contributed by atoms with Crippen LogP contribution in [0.3, 0.4) is 0 Å². The molecule has 1 fully saturated rings. The number of imidazole rings is 1. The minimum Gasteiger partial charge on any atom is -0.329 e. The minimum absolute atomic E-state index is 0.639. The normalized spacial score (nSPS) is 21.4. The molecule has 1 aromatic rings. The molecule has 3 nitrogen and oxygen atoms in total. The van der Waals surface area contributed by atoms with Crippen LogP contribution in [0.4, 0.5) is 0 Å². The molecule has 3 rings (SSSR count). The van der Waals surface area contributed by atoms with Crippen LogP contribution in [0.15, 0.2) is 0 Å². The van der Waals surface area contributed by atoms with Crippen LogP contribution in [-0.4, -0.2) is 16.1 Å². The van der Waals surface area contributed by atoms with Crippen molar-refractivity contribution in [2.24, 2.45) is 11.8 Å². The standard InChI is InChI=1S/C17H29N3/c1-12(2)10-17-19-15-11-18-9-8-16(15)20(17)13(3)14-6-4-5-7-14/h12-14,18H,4-11H2,1-3H3. The summed E-state index contributed by atoms with van der Waals surface area (Å²) in [6.45, 7) is 9.11. The number of nitrogens with zero attached hydrogens (tertiary/aromatic N) is 2. The van der Waals surface area contributed by atoms with Crippen molar-refractivity contribution in [3.8, 4) is 0 Å². The van der Waals surface area contributed by atoms with Gasteiger partial charge < -0.3 is 9.88 Å². The highest BCUT2D eigenvalue weighted by Crippen LogP contribution is 2.36. The van der Waals surface area contributed by atoms with Crippen LogP contribution in [0.5, 0.6) is 0 Å². The van der Waals surface area contributed by atoms with Gasteiger partial charge in [0.1, 0.15) is 5.82 Å². The number of fused-ring (bicyclic) bond motifs is 1. The summed E-state index contributed by atoms with van der Waals surface area (Å²) >= 11 is 0. The Labute approximate surface area is 123 Å². The lowest BCUT2D eigenvalue weighted by molar-refractivity contribution is 0.339. The molecule has 1 aliphatic carbocycles. The van der Waals surface area contributed by atoms with Crippen molar-refractivity contribution in [2.45, 2.75) is 71.9 Å². The van der Waals surface area contributed by atoms with Gasteiger partial charge in [-0.2, -0.15) is 0 Å². The van der Waals surface area contributed by atoms with Crippen molar-refractivity contribution in [3.05, 3.63) is 17.2 Å². The number of hydrogen-bond acceptors (Lipinski definition) is 2. The Balaban J connectivity index is 1.94. The average Bonchev–Trinajstić information content (AvgIpc) is 3.04. The number of rotatable bonds is 4. The maximum absolute atomic E-state index is 4.98. The molecule has 1 saturated carbocycles. The highest BCUT2D eigenvalue weighted by molar-refractivity contribution is 5.22. The molecule has 1 N–H and O–H groups in total. The lowest BCUT2D eigenvalue weighted by atomic mass is 9.98. The molecule has 112 valence electrons. The third kappa shape index (κ3) is 2.65. The van der Waals surface area contributed by atoms with Crippen LogP contribution in [0.1, 0.15) is 69.7 Å². The SMILES string of the molecule is CC(C)Cc1nc2c(n1C(C)C1CCCC1)CCNC2. The zero-order chi connectivity index (χ0) is 14.1. The highest BCUT2D eigenvalue weighted by atomic mass is 15.1. The van der Waals surface area contributed by atoms with E-state index >= 15 is 0 Å². The number of aromatic nitrogens is 2. The van der Waals surface area contributed by atoms with Crippen molar-refractivity contribution in [3.63, 3.8) is 0 Å². The van der Waals surface area contributed by atoms with Crippen LogP contribution >= 0.6 is 0 Å². The molecule has 3 heteroatoms. The number of nitrogens with one attached hydrogen (secondary N) is 1. The van der Waals surface area contributed by atoms with Gasteiger partial charge in [-0.15, -0.1) is 0 Å². The summed E-state index contributed by atoms with van der Waals surface area (Å²) in [5.74, 6) is 2.89. The molecule has 0 bridgehead atoms. The first-order chi connectivity index (χ1) is 9.66. The van der Waals surface area contributed by atoms with Gasteiger partial charge in [0, 0.05) is 37.7 Å². The Kier molecular flexibility index (Phi) is 4.16. The summed E-state index contributed by atoms with van der Waals surface area (Å²) in [4.78, 5) is 4.98. The maximum Gasteiger partial charge on any atom is 0.109 e. The van der Waals surface area contributed by atoms with E-state index in [-0.39, 0.29) is 0 Å². The Morgan fingerprint density at radius 3 is 2.70 bits per heavy atom. The van der Waals surface area contributed by atoms with Crippen LogP contribution in [0, 0.1) is 11.8 Å². The first-order valence-electron chi connectivity index (χ1n) is 8.46. The smallest absolute Gasteiger partial charge is 0.109 e. The minimum atomic E-state index is 0.639. The van der Waals surface area contributed by atoms with E-state index in [0.29, 0.717) is 12.0 Å². The first-order valence-corrected chi connectivity index (χ1v) is 8.46. The monoisotopic (exact) mass is 275 g/mol. The molecule has 1 unspecified atom stereocenters. The second-order valence-corrected chi connectivity index (χ2v) is 7.10. The van der Waals surface area contributed by atoms with Gasteiger partial charge >= 0.3 is 0 Å². The van der Waals surface area contributed by atoms with E-state index in [1.807, 2.05) is 0 Å². The molecule has 0 aromatic carbocycles. The summed E-state index contributed by atoms with van der Waals surface area (Å²) in [5.41, 5.74) is 2.84. The van der Waals surface area contributed by atoms with Gasteiger partial charge in [0.2, 0.25) is 0 Å². The largest absolute Gasteiger partial charge is 0.329 e. The van der Waals surface area contributed by atoms with E-state index in [4.69, 9.17) is 4.98 Å². The third-order valence-electron chi connectivity index (χ3n) is 5.08. The fourth-order valence-corrected chi connectivity index (χ4v) is 4.03. The van der Waals surface area contributed by atoms with Gasteiger partial charge in [-0.1, -0.05) is 26.7 Å². The lowest BCUT2D eigenvalue weighted by Gasteiger charge is -2.26. The highest BCUT2D eigenvalue weighted by Gasteiger charge is 2.29. The topological polar surface area (TPSA) is 29.9 Å². The third-order valence-corrected chi connectivity index (χ3v) is 5.08. The molecular formula is C17H29N3. The Morgan fingerprint density at radius 2 is 2.00 bits per heavy atom. The second kappa shape index (κ2) is 5.88. The summed E-state index contributed by atoms with van der Waals surface area (Å²) in [6, 6.07) is 0.639. The van der Waals surface area contributed by atoms with E-state index in [1.54, 1.807) is 0 Å². The Morgan fingerprint density at radius 1 is 1.25 bits per heavy atom. The van der Waals surface area contributed by atoms with Gasteiger partial charge in [0.15, 0.2) is 0 Å². The quantitative estimate of drug-likeness (QED) is 0.911. The Hall–Kier alpha value is -0.830. The molecule has 0 saturated heterocycles. The van der Waals surface area contributed by atoms with Crippen molar-refractivity contribution >= 4 is 0 Å². The molecule has 1 aliphatic heterocycles. The van der Waals surface area contributed by atoms with Gasteiger partial charge in [-0.3, -0.25) is 0 Å². The van der Waals surface area contributed by atoms with Crippen LogP contribution < -0.4 is 5.32 Å². The predicted molar refractivity (Wildman–Crippen MR) is 82.8 cm³/mol. The van der Waals surface area contributed by atoms with Gasteiger partial charge in [-0.05, 0) is 31.6 Å². The molecule has 20 heavy (non-hydrogen) atoms. The zero-order valence-electron chi connectivity index (χ0n) is 13.3. The molecule has 0 amide bonds.